The Hall–Kier alpha value is -0.900. The number of aliphatic hydroxyl groups excluding tert-OH is 1. The van der Waals surface area contributed by atoms with Crippen molar-refractivity contribution >= 4 is 11.7 Å². The van der Waals surface area contributed by atoms with Crippen LogP contribution >= 0.6 is 0 Å². The van der Waals surface area contributed by atoms with E-state index in [0.29, 0.717) is 12.3 Å². The highest BCUT2D eigenvalue weighted by molar-refractivity contribution is 5.81. The summed E-state index contributed by atoms with van der Waals surface area (Å²) in [6.45, 7) is 20.0. The normalized spacial score (nSPS) is 9.27. The van der Waals surface area contributed by atoms with Gasteiger partial charge in [0.15, 0.2) is 0 Å². The fourth-order valence-corrected chi connectivity index (χ4v) is 0.992. The quantitative estimate of drug-likeness (QED) is 0.771. The molecule has 0 radical (unpaired) electrons. The summed E-state index contributed by atoms with van der Waals surface area (Å²) < 4.78 is 0. The first-order valence-corrected chi connectivity index (χ1v) is 8.49. The van der Waals surface area contributed by atoms with Crippen LogP contribution in [0.3, 0.4) is 0 Å². The first kappa shape index (κ1) is 29.2. The maximum absolute atomic E-state index is 10.7. The molecule has 0 spiro atoms. The maximum atomic E-state index is 10.7. The lowest BCUT2D eigenvalue weighted by Gasteiger charge is -2.18. The van der Waals surface area contributed by atoms with Crippen molar-refractivity contribution in [1.29, 1.82) is 0 Å². The van der Waals surface area contributed by atoms with E-state index in [0.717, 1.165) is 13.0 Å². The molecule has 0 aromatic heterocycles. The Balaban J connectivity index is -0.000000120. The first-order chi connectivity index (χ1) is 10.1. The van der Waals surface area contributed by atoms with Crippen LogP contribution in [0.15, 0.2) is 0 Å². The minimum atomic E-state index is -0.339. The van der Waals surface area contributed by atoms with Crippen LogP contribution in [-0.4, -0.2) is 29.9 Å². The Bertz CT molecular complexity index is 249. The van der Waals surface area contributed by atoms with Crippen LogP contribution in [0.1, 0.15) is 82.1 Å². The highest BCUT2D eigenvalue weighted by Gasteiger charge is 2.21. The zero-order valence-electron chi connectivity index (χ0n) is 16.7. The molecule has 0 bridgehead atoms. The van der Waals surface area contributed by atoms with Crippen molar-refractivity contribution in [1.82, 2.24) is 5.32 Å². The largest absolute Gasteiger partial charge is 0.396 e. The minimum Gasteiger partial charge on any atom is -0.396 e. The summed E-state index contributed by atoms with van der Waals surface area (Å²) in [4.78, 5) is 21.1. The van der Waals surface area contributed by atoms with Crippen molar-refractivity contribution in [2.24, 2.45) is 11.3 Å². The summed E-state index contributed by atoms with van der Waals surface area (Å²) in [6, 6.07) is 0. The number of Topliss-reactive ketones (excluding diaryl/α,β-unsaturated/α-hetero) is 1. The third-order valence-electron chi connectivity index (χ3n) is 2.79. The van der Waals surface area contributed by atoms with Crippen molar-refractivity contribution in [2.75, 3.05) is 13.2 Å². The molecular weight excluding hydrogens is 278 g/mol. The van der Waals surface area contributed by atoms with Gasteiger partial charge in [0.05, 0.1) is 0 Å². The van der Waals surface area contributed by atoms with Gasteiger partial charge in [-0.05, 0) is 25.7 Å². The van der Waals surface area contributed by atoms with E-state index in [1.807, 2.05) is 41.5 Å². The fourth-order valence-electron chi connectivity index (χ4n) is 0.992. The van der Waals surface area contributed by atoms with Crippen LogP contribution in [0.4, 0.5) is 0 Å². The highest BCUT2D eigenvalue weighted by atomic mass is 16.3. The first-order valence-electron chi connectivity index (χ1n) is 8.49. The number of nitrogens with one attached hydrogen (secondary N) is 1. The molecule has 0 aliphatic heterocycles. The fraction of sp³-hybridized carbons (Fsp3) is 0.889. The molecule has 0 heterocycles. The Morgan fingerprint density at radius 3 is 1.64 bits per heavy atom. The van der Waals surface area contributed by atoms with Gasteiger partial charge >= 0.3 is 0 Å². The molecule has 0 aromatic rings. The van der Waals surface area contributed by atoms with Crippen LogP contribution in [0.2, 0.25) is 0 Å². The number of hydrogen-bond donors (Lipinski definition) is 2. The van der Waals surface area contributed by atoms with E-state index >= 15 is 0 Å². The molecule has 2 N–H and O–H groups in total. The summed E-state index contributed by atoms with van der Waals surface area (Å²) in [5, 5.41) is 11.2. The zero-order chi connectivity index (χ0) is 18.8. The third-order valence-corrected chi connectivity index (χ3v) is 2.79. The van der Waals surface area contributed by atoms with Gasteiger partial charge < -0.3 is 10.4 Å². The second-order valence-electron chi connectivity index (χ2n) is 5.58. The lowest BCUT2D eigenvalue weighted by Crippen LogP contribution is -2.22. The Kier molecular flexibility index (Phi) is 26.6. The van der Waals surface area contributed by atoms with Crippen LogP contribution in [0.5, 0.6) is 0 Å². The predicted molar refractivity (Wildman–Crippen MR) is 97.0 cm³/mol. The number of ketones is 1. The Morgan fingerprint density at radius 1 is 1.05 bits per heavy atom. The van der Waals surface area contributed by atoms with Crippen molar-refractivity contribution in [3.05, 3.63) is 0 Å². The highest BCUT2D eigenvalue weighted by Crippen LogP contribution is 2.19. The molecular formula is C18H41NO3. The van der Waals surface area contributed by atoms with Crippen LogP contribution < -0.4 is 5.32 Å². The number of aliphatic hydroxyl groups is 1. The number of hydrogen-bond acceptors (Lipinski definition) is 3. The smallest absolute Gasteiger partial charge is 0.216 e. The summed E-state index contributed by atoms with van der Waals surface area (Å²) in [5.41, 5.74) is -0.339. The molecule has 4 heteroatoms. The average molecular weight is 320 g/mol. The van der Waals surface area contributed by atoms with Gasteiger partial charge in [-0.2, -0.15) is 0 Å². The molecule has 0 unspecified atom stereocenters. The van der Waals surface area contributed by atoms with Crippen molar-refractivity contribution < 1.29 is 14.7 Å². The van der Waals surface area contributed by atoms with E-state index in [1.165, 1.54) is 0 Å². The van der Waals surface area contributed by atoms with E-state index < -0.39 is 0 Å². The van der Waals surface area contributed by atoms with Crippen LogP contribution in [0.25, 0.3) is 0 Å². The summed E-state index contributed by atoms with van der Waals surface area (Å²) in [7, 11) is 0. The molecule has 0 rings (SSSR count). The monoisotopic (exact) mass is 319 g/mol. The topological polar surface area (TPSA) is 66.4 Å². The lowest BCUT2D eigenvalue weighted by atomic mass is 9.86. The molecule has 0 saturated heterocycles. The van der Waals surface area contributed by atoms with Gasteiger partial charge in [0.25, 0.3) is 0 Å². The second-order valence-corrected chi connectivity index (χ2v) is 5.58. The third kappa shape index (κ3) is 27.4. The zero-order valence-corrected chi connectivity index (χ0v) is 16.7. The Labute approximate surface area is 139 Å². The number of carbonyl (C=O) groups excluding carboxylic acids is 2. The van der Waals surface area contributed by atoms with Gasteiger partial charge in [-0.25, -0.2) is 0 Å². The van der Waals surface area contributed by atoms with Crippen LogP contribution in [0, 0.1) is 11.3 Å². The Morgan fingerprint density at radius 2 is 1.45 bits per heavy atom. The van der Waals surface area contributed by atoms with Gasteiger partial charge in [-0.3, -0.25) is 9.59 Å². The van der Waals surface area contributed by atoms with E-state index in [1.54, 1.807) is 13.8 Å². The SMILES string of the molecule is CC.CC.CC(=O)C(C)(C)CCO.CC(=O)NCCC(C)C. The summed E-state index contributed by atoms with van der Waals surface area (Å²) in [6.07, 6.45) is 1.63. The second kappa shape index (κ2) is 20.1. The molecule has 1 amide bonds. The van der Waals surface area contributed by atoms with Gasteiger partial charge in [-0.1, -0.05) is 55.4 Å². The van der Waals surface area contributed by atoms with E-state index in [4.69, 9.17) is 5.11 Å². The maximum Gasteiger partial charge on any atom is 0.216 e. The lowest BCUT2D eigenvalue weighted by molar-refractivity contribution is -0.125. The minimum absolute atomic E-state index is 0.0654. The number of amides is 1. The molecule has 0 atom stereocenters. The standard InChI is InChI=1S/C7H15NO.C7H14O2.2C2H6/c1-6(2)4-5-8-7(3)9;1-6(9)7(2,3)4-5-8;2*1-2/h6H,4-5H2,1-3H3,(H,8,9);8H,4-5H2,1-3H3;2*1-2H3. The number of rotatable bonds is 6. The summed E-state index contributed by atoms with van der Waals surface area (Å²) >= 11 is 0. The van der Waals surface area contributed by atoms with Gasteiger partial charge in [0.1, 0.15) is 5.78 Å². The molecule has 4 nitrogen and oxygen atoms in total. The van der Waals surface area contributed by atoms with Gasteiger partial charge in [0.2, 0.25) is 5.91 Å². The van der Waals surface area contributed by atoms with E-state index in [2.05, 4.69) is 19.2 Å². The van der Waals surface area contributed by atoms with Gasteiger partial charge in [-0.15, -0.1) is 0 Å². The van der Waals surface area contributed by atoms with E-state index in [9.17, 15) is 9.59 Å². The number of carbonyl (C=O) groups is 2. The molecule has 22 heavy (non-hydrogen) atoms. The average Bonchev–Trinajstić information content (AvgIpc) is 2.43. The molecule has 0 aliphatic carbocycles. The van der Waals surface area contributed by atoms with Crippen molar-refractivity contribution in [3.63, 3.8) is 0 Å². The molecule has 0 saturated carbocycles. The van der Waals surface area contributed by atoms with E-state index in [-0.39, 0.29) is 23.7 Å². The van der Waals surface area contributed by atoms with Gasteiger partial charge in [0, 0.05) is 25.5 Å². The predicted octanol–water partition coefficient (Wildman–Crippen LogP) is 4.21. The molecule has 136 valence electrons. The summed E-state index contributed by atoms with van der Waals surface area (Å²) in [5.74, 6) is 0.879. The van der Waals surface area contributed by atoms with Crippen molar-refractivity contribution in [3.8, 4) is 0 Å². The molecule has 0 aromatic carbocycles. The molecule has 0 fully saturated rings. The molecule has 0 aliphatic rings. The van der Waals surface area contributed by atoms with Crippen molar-refractivity contribution in [2.45, 2.75) is 82.1 Å². The van der Waals surface area contributed by atoms with Crippen LogP contribution in [-0.2, 0) is 9.59 Å².